The normalized spacial score (nSPS) is 27.5. The molecule has 0 spiro atoms. The lowest BCUT2D eigenvalue weighted by molar-refractivity contribution is -0.0659. The first-order chi connectivity index (χ1) is 12.4. The number of fused-ring (bicyclic) bond motifs is 3. The number of carboxylic acids is 1. The van der Waals surface area contributed by atoms with Crippen molar-refractivity contribution in [1.29, 1.82) is 0 Å². The van der Waals surface area contributed by atoms with Gasteiger partial charge in [-0.3, -0.25) is 4.40 Å². The Morgan fingerprint density at radius 3 is 2.81 bits per heavy atom. The molecule has 2 fully saturated rings. The number of rotatable bonds is 6. The lowest BCUT2D eigenvalue weighted by Gasteiger charge is -2.27. The van der Waals surface area contributed by atoms with Crippen molar-refractivity contribution < 1.29 is 24.1 Å². The molecule has 0 aromatic carbocycles. The number of methoxy groups -OCH3 is 1. The summed E-state index contributed by atoms with van der Waals surface area (Å²) in [4.78, 5) is 20.6. The van der Waals surface area contributed by atoms with E-state index in [4.69, 9.17) is 14.2 Å². The molecule has 26 heavy (non-hydrogen) atoms. The summed E-state index contributed by atoms with van der Waals surface area (Å²) in [6.45, 7) is 4.84. The van der Waals surface area contributed by atoms with Gasteiger partial charge < -0.3 is 19.3 Å². The molecule has 2 bridgehead atoms. The standard InChI is InChI=1S/C18H23N3O5/c1-11(2)26-14-12(15(22)23)6-21-7-13(19-16(21)20-14)17-4-5-18(8-17,10-24-3)25-9-17/h6-7,11H,4-5,8-10H2,1-3H3,(H,22,23)/t17-,18-/m0/s1. The minimum Gasteiger partial charge on any atom is -0.477 e. The highest BCUT2D eigenvalue weighted by Gasteiger charge is 2.57. The van der Waals surface area contributed by atoms with Gasteiger partial charge in [-0.15, -0.1) is 0 Å². The number of nitrogens with zero attached hydrogens (tertiary/aromatic N) is 3. The summed E-state index contributed by atoms with van der Waals surface area (Å²) in [5, 5.41) is 9.47. The third kappa shape index (κ3) is 2.64. The molecule has 0 radical (unpaired) electrons. The van der Waals surface area contributed by atoms with Crippen LogP contribution >= 0.6 is 0 Å². The molecule has 0 unspecified atom stereocenters. The first kappa shape index (κ1) is 17.2. The maximum atomic E-state index is 11.6. The lowest BCUT2D eigenvalue weighted by Crippen LogP contribution is -2.32. The maximum absolute atomic E-state index is 11.6. The van der Waals surface area contributed by atoms with E-state index in [0.717, 1.165) is 25.0 Å². The highest BCUT2D eigenvalue weighted by Crippen LogP contribution is 2.53. The molecular formula is C18H23N3O5. The van der Waals surface area contributed by atoms with Crippen LogP contribution in [0.4, 0.5) is 0 Å². The first-order valence-corrected chi connectivity index (χ1v) is 8.80. The van der Waals surface area contributed by atoms with Crippen LogP contribution < -0.4 is 4.74 Å². The fourth-order valence-corrected chi connectivity index (χ4v) is 4.14. The van der Waals surface area contributed by atoms with Gasteiger partial charge in [0.05, 0.1) is 30.6 Å². The van der Waals surface area contributed by atoms with Crippen LogP contribution in [0.3, 0.4) is 0 Å². The average molecular weight is 361 g/mol. The molecule has 8 heteroatoms. The van der Waals surface area contributed by atoms with Crippen molar-refractivity contribution in [2.45, 2.75) is 50.2 Å². The summed E-state index contributed by atoms with van der Waals surface area (Å²) in [5.41, 5.74) is 0.527. The van der Waals surface area contributed by atoms with Crippen LogP contribution in [0.25, 0.3) is 5.78 Å². The van der Waals surface area contributed by atoms with Gasteiger partial charge in [-0.05, 0) is 33.1 Å². The van der Waals surface area contributed by atoms with Crippen molar-refractivity contribution in [3.8, 4) is 5.88 Å². The molecule has 2 aromatic rings. The zero-order chi connectivity index (χ0) is 18.5. The van der Waals surface area contributed by atoms with Gasteiger partial charge in [0, 0.05) is 24.9 Å². The molecule has 3 heterocycles. The molecule has 8 nitrogen and oxygen atoms in total. The molecule has 1 saturated heterocycles. The van der Waals surface area contributed by atoms with Gasteiger partial charge in [0.1, 0.15) is 5.56 Å². The van der Waals surface area contributed by atoms with Gasteiger partial charge in [0.15, 0.2) is 0 Å². The summed E-state index contributed by atoms with van der Waals surface area (Å²) in [7, 11) is 1.69. The van der Waals surface area contributed by atoms with E-state index in [1.54, 1.807) is 11.5 Å². The molecule has 1 N–H and O–H groups in total. The maximum Gasteiger partial charge on any atom is 0.342 e. The van der Waals surface area contributed by atoms with E-state index in [2.05, 4.69) is 9.97 Å². The van der Waals surface area contributed by atoms with Gasteiger partial charge >= 0.3 is 5.97 Å². The van der Waals surface area contributed by atoms with E-state index >= 15 is 0 Å². The summed E-state index contributed by atoms with van der Waals surface area (Å²) in [6.07, 6.45) is 5.97. The minimum absolute atomic E-state index is 0.0236. The molecule has 140 valence electrons. The fourth-order valence-electron chi connectivity index (χ4n) is 4.14. The predicted octanol–water partition coefficient (Wildman–Crippen LogP) is 2.05. The highest BCUT2D eigenvalue weighted by atomic mass is 16.5. The number of carbonyl (C=O) groups is 1. The van der Waals surface area contributed by atoms with E-state index < -0.39 is 5.97 Å². The van der Waals surface area contributed by atoms with Gasteiger partial charge in [0.2, 0.25) is 11.7 Å². The van der Waals surface area contributed by atoms with Crippen LogP contribution in [-0.4, -0.2) is 57.5 Å². The van der Waals surface area contributed by atoms with E-state index in [1.165, 1.54) is 6.20 Å². The number of imidazole rings is 1. The molecule has 2 atom stereocenters. The Kier molecular flexibility index (Phi) is 3.92. The van der Waals surface area contributed by atoms with Crippen molar-refractivity contribution in [3.63, 3.8) is 0 Å². The van der Waals surface area contributed by atoms with Gasteiger partial charge in [-0.1, -0.05) is 0 Å². The summed E-state index contributed by atoms with van der Waals surface area (Å²) < 4.78 is 18.6. The average Bonchev–Trinajstić information content (AvgIpc) is 3.25. The Morgan fingerprint density at radius 1 is 1.38 bits per heavy atom. The molecule has 4 rings (SSSR count). The quantitative estimate of drug-likeness (QED) is 0.841. The zero-order valence-electron chi connectivity index (χ0n) is 15.2. The fraction of sp³-hybridized carbons (Fsp3) is 0.611. The van der Waals surface area contributed by atoms with E-state index in [1.807, 2.05) is 20.0 Å². The third-order valence-electron chi connectivity index (χ3n) is 5.32. The van der Waals surface area contributed by atoms with E-state index in [-0.39, 0.29) is 28.6 Å². The minimum atomic E-state index is -1.08. The van der Waals surface area contributed by atoms with Crippen molar-refractivity contribution in [1.82, 2.24) is 14.4 Å². The molecule has 1 saturated carbocycles. The summed E-state index contributed by atoms with van der Waals surface area (Å²) in [5.74, 6) is -0.545. The molecule has 0 amide bonds. The Bertz CT molecular complexity index is 852. The Balaban J connectivity index is 1.74. The van der Waals surface area contributed by atoms with Crippen molar-refractivity contribution in [3.05, 3.63) is 23.7 Å². The van der Waals surface area contributed by atoms with E-state index in [9.17, 15) is 9.90 Å². The monoisotopic (exact) mass is 361 g/mol. The Morgan fingerprint density at radius 2 is 2.19 bits per heavy atom. The number of aromatic nitrogens is 3. The van der Waals surface area contributed by atoms with Crippen molar-refractivity contribution >= 4 is 11.7 Å². The lowest BCUT2D eigenvalue weighted by atomic mass is 9.84. The number of ether oxygens (including phenoxy) is 3. The van der Waals surface area contributed by atoms with Crippen LogP contribution in [0.1, 0.15) is 49.2 Å². The largest absolute Gasteiger partial charge is 0.477 e. The zero-order valence-corrected chi connectivity index (χ0v) is 15.2. The van der Waals surface area contributed by atoms with Crippen LogP contribution in [0.2, 0.25) is 0 Å². The van der Waals surface area contributed by atoms with E-state index in [0.29, 0.717) is 19.0 Å². The van der Waals surface area contributed by atoms with Gasteiger partial charge in [0.25, 0.3) is 0 Å². The first-order valence-electron chi connectivity index (χ1n) is 8.80. The SMILES string of the molecule is COC[C@@]12CC[C@@](c3cn4cc(C(=O)O)c(OC(C)C)nc4n3)(CO1)C2. The second-order valence-electron chi connectivity index (χ2n) is 7.63. The molecule has 2 aromatic heterocycles. The van der Waals surface area contributed by atoms with Gasteiger partial charge in [-0.25, -0.2) is 9.78 Å². The molecular weight excluding hydrogens is 338 g/mol. The Labute approximate surface area is 151 Å². The van der Waals surface area contributed by atoms with Crippen LogP contribution in [0, 0.1) is 0 Å². The molecule has 1 aliphatic heterocycles. The van der Waals surface area contributed by atoms with Crippen LogP contribution in [-0.2, 0) is 14.9 Å². The van der Waals surface area contributed by atoms with Crippen molar-refractivity contribution in [2.75, 3.05) is 20.3 Å². The third-order valence-corrected chi connectivity index (χ3v) is 5.32. The number of hydrogen-bond acceptors (Lipinski definition) is 6. The number of aromatic carboxylic acids is 1. The van der Waals surface area contributed by atoms with Crippen LogP contribution in [0.5, 0.6) is 5.88 Å². The van der Waals surface area contributed by atoms with Crippen molar-refractivity contribution in [2.24, 2.45) is 0 Å². The number of hydrogen-bond donors (Lipinski definition) is 1. The predicted molar refractivity (Wildman–Crippen MR) is 91.8 cm³/mol. The second kappa shape index (κ2) is 5.92. The molecule has 1 aliphatic carbocycles. The number of carboxylic acid groups (broad SMARTS) is 1. The summed E-state index contributed by atoms with van der Waals surface area (Å²) in [6, 6.07) is 0. The molecule has 2 aliphatic rings. The highest BCUT2D eigenvalue weighted by molar-refractivity contribution is 5.90. The summed E-state index contributed by atoms with van der Waals surface area (Å²) >= 11 is 0. The van der Waals surface area contributed by atoms with Gasteiger partial charge in [-0.2, -0.15) is 4.98 Å². The smallest absolute Gasteiger partial charge is 0.342 e. The Hall–Kier alpha value is -2.19. The topological polar surface area (TPSA) is 95.2 Å². The van der Waals surface area contributed by atoms with Crippen LogP contribution in [0.15, 0.2) is 12.4 Å². The second-order valence-corrected chi connectivity index (χ2v) is 7.63.